The molecule has 0 saturated heterocycles. The van der Waals surface area contributed by atoms with Gasteiger partial charge in [-0.05, 0) is 25.5 Å². The first kappa shape index (κ1) is 15.2. The van der Waals surface area contributed by atoms with Crippen LogP contribution in [0.15, 0.2) is 30.3 Å². The first-order valence-corrected chi connectivity index (χ1v) is 6.59. The second-order valence-corrected chi connectivity index (χ2v) is 4.42. The van der Waals surface area contributed by atoms with E-state index in [1.165, 1.54) is 11.8 Å². The van der Waals surface area contributed by atoms with Crippen molar-refractivity contribution in [3.8, 4) is 0 Å². The Bertz CT molecular complexity index is 417. The topological polar surface area (TPSA) is 46.6 Å². The first-order chi connectivity index (χ1) is 9.07. The second kappa shape index (κ2) is 7.56. The highest BCUT2D eigenvalue weighted by atomic mass is 16.5. The predicted molar refractivity (Wildman–Crippen MR) is 74.9 cm³/mol. The Morgan fingerprint density at radius 3 is 2.42 bits per heavy atom. The van der Waals surface area contributed by atoms with Crippen molar-refractivity contribution in [2.45, 2.75) is 39.7 Å². The van der Waals surface area contributed by atoms with E-state index in [0.717, 1.165) is 12.8 Å². The molecule has 0 N–H and O–H groups in total. The molecule has 1 amide bonds. The number of para-hydroxylation sites is 1. The summed E-state index contributed by atoms with van der Waals surface area (Å²) in [5.74, 6) is -0.543. The average Bonchev–Trinajstić information content (AvgIpc) is 2.39. The number of esters is 1. The lowest BCUT2D eigenvalue weighted by molar-refractivity contribution is -0.146. The van der Waals surface area contributed by atoms with Crippen LogP contribution in [0.5, 0.6) is 0 Å². The molecule has 0 fully saturated rings. The molecule has 19 heavy (non-hydrogen) atoms. The lowest BCUT2D eigenvalue weighted by atomic mass is 10.2. The van der Waals surface area contributed by atoms with Gasteiger partial charge in [-0.2, -0.15) is 0 Å². The molecular weight excluding hydrogens is 242 g/mol. The Morgan fingerprint density at radius 1 is 1.26 bits per heavy atom. The summed E-state index contributed by atoms with van der Waals surface area (Å²) < 4.78 is 5.16. The number of hydrogen-bond donors (Lipinski definition) is 0. The van der Waals surface area contributed by atoms with E-state index in [4.69, 9.17) is 4.74 Å². The number of benzene rings is 1. The molecule has 0 saturated carbocycles. The maximum Gasteiger partial charge on any atom is 0.328 e. The molecule has 4 heteroatoms. The van der Waals surface area contributed by atoms with Gasteiger partial charge in [-0.15, -0.1) is 0 Å². The minimum absolute atomic E-state index is 0.175. The van der Waals surface area contributed by atoms with Gasteiger partial charge in [0.25, 0.3) is 0 Å². The quantitative estimate of drug-likeness (QED) is 0.585. The summed E-state index contributed by atoms with van der Waals surface area (Å²) >= 11 is 0. The molecule has 0 radical (unpaired) electrons. The van der Waals surface area contributed by atoms with E-state index < -0.39 is 6.04 Å². The summed E-state index contributed by atoms with van der Waals surface area (Å²) in [4.78, 5) is 25.1. The maximum absolute atomic E-state index is 11.9. The van der Waals surface area contributed by atoms with E-state index in [1.54, 1.807) is 19.1 Å². The van der Waals surface area contributed by atoms with Crippen LogP contribution in [-0.2, 0) is 14.3 Å². The van der Waals surface area contributed by atoms with Crippen molar-refractivity contribution in [1.82, 2.24) is 0 Å². The molecule has 1 aromatic rings. The van der Waals surface area contributed by atoms with Crippen LogP contribution < -0.4 is 4.90 Å². The summed E-state index contributed by atoms with van der Waals surface area (Å²) in [6, 6.07) is 8.53. The van der Waals surface area contributed by atoms with Gasteiger partial charge in [-0.3, -0.25) is 9.69 Å². The van der Waals surface area contributed by atoms with E-state index in [0.29, 0.717) is 12.3 Å². The zero-order chi connectivity index (χ0) is 14.3. The van der Waals surface area contributed by atoms with Crippen LogP contribution in [-0.4, -0.2) is 24.5 Å². The van der Waals surface area contributed by atoms with Crippen LogP contribution in [0.25, 0.3) is 0 Å². The molecule has 0 aliphatic rings. The van der Waals surface area contributed by atoms with E-state index in [-0.39, 0.29) is 11.9 Å². The van der Waals surface area contributed by atoms with Gasteiger partial charge in [0.1, 0.15) is 6.04 Å². The Balaban J connectivity index is 2.77. The minimum Gasteiger partial charge on any atom is -0.464 e. The summed E-state index contributed by atoms with van der Waals surface area (Å²) in [5.41, 5.74) is 0.704. The number of carbonyl (C=O) groups excluding carboxylic acids is 2. The van der Waals surface area contributed by atoms with Gasteiger partial charge in [0.2, 0.25) is 5.91 Å². The van der Waals surface area contributed by atoms with Gasteiger partial charge in [0.05, 0.1) is 6.61 Å². The molecule has 1 atom stereocenters. The maximum atomic E-state index is 11.9. The third kappa shape index (κ3) is 4.39. The summed E-state index contributed by atoms with van der Waals surface area (Å²) in [5, 5.41) is 0. The molecule has 0 bridgehead atoms. The van der Waals surface area contributed by atoms with E-state index in [2.05, 4.69) is 0 Å². The fraction of sp³-hybridized carbons (Fsp3) is 0.467. The van der Waals surface area contributed by atoms with Crippen LogP contribution in [0.4, 0.5) is 5.69 Å². The fourth-order valence-corrected chi connectivity index (χ4v) is 1.81. The Hall–Kier alpha value is -1.84. The lowest BCUT2D eigenvalue weighted by Crippen LogP contribution is -2.43. The van der Waals surface area contributed by atoms with Crippen LogP contribution >= 0.6 is 0 Å². The smallest absolute Gasteiger partial charge is 0.328 e. The van der Waals surface area contributed by atoms with Crippen molar-refractivity contribution in [1.29, 1.82) is 0 Å². The van der Waals surface area contributed by atoms with Crippen molar-refractivity contribution in [2.24, 2.45) is 0 Å². The Kier molecular flexibility index (Phi) is 6.06. The van der Waals surface area contributed by atoms with Crippen molar-refractivity contribution in [2.75, 3.05) is 11.5 Å². The largest absolute Gasteiger partial charge is 0.464 e. The molecule has 0 spiro atoms. The number of amides is 1. The van der Waals surface area contributed by atoms with Gasteiger partial charge < -0.3 is 4.74 Å². The molecule has 0 aliphatic heterocycles. The molecule has 104 valence electrons. The fourth-order valence-electron chi connectivity index (χ4n) is 1.81. The van der Waals surface area contributed by atoms with Gasteiger partial charge in [0.15, 0.2) is 0 Å². The third-order valence-electron chi connectivity index (χ3n) is 2.84. The number of ether oxygens (including phenoxy) is 1. The van der Waals surface area contributed by atoms with Crippen molar-refractivity contribution >= 4 is 17.6 Å². The molecule has 0 heterocycles. The standard InChI is InChI=1S/C15H21NO3/c1-4-5-11-19-15(18)12(2)16(13(3)17)14-9-7-6-8-10-14/h6-10,12H,4-5,11H2,1-3H3/t12-/m0/s1. The number of nitrogens with zero attached hydrogens (tertiary/aromatic N) is 1. The van der Waals surface area contributed by atoms with Crippen LogP contribution in [0.2, 0.25) is 0 Å². The summed E-state index contributed by atoms with van der Waals surface area (Å²) in [6.45, 7) is 5.56. The number of hydrogen-bond acceptors (Lipinski definition) is 3. The van der Waals surface area contributed by atoms with Gasteiger partial charge in [0, 0.05) is 12.6 Å². The van der Waals surface area contributed by atoms with Crippen LogP contribution in [0, 0.1) is 0 Å². The number of unbranched alkanes of at least 4 members (excludes halogenated alkanes) is 1. The van der Waals surface area contributed by atoms with Crippen LogP contribution in [0.3, 0.4) is 0 Å². The van der Waals surface area contributed by atoms with Crippen molar-refractivity contribution < 1.29 is 14.3 Å². The van der Waals surface area contributed by atoms with Crippen LogP contribution in [0.1, 0.15) is 33.6 Å². The van der Waals surface area contributed by atoms with Crippen molar-refractivity contribution in [3.05, 3.63) is 30.3 Å². The third-order valence-corrected chi connectivity index (χ3v) is 2.84. The first-order valence-electron chi connectivity index (χ1n) is 6.59. The zero-order valence-electron chi connectivity index (χ0n) is 11.8. The highest BCUT2D eigenvalue weighted by Gasteiger charge is 2.26. The van der Waals surface area contributed by atoms with Gasteiger partial charge in [-0.25, -0.2) is 4.79 Å². The molecule has 0 aliphatic carbocycles. The van der Waals surface area contributed by atoms with Gasteiger partial charge >= 0.3 is 5.97 Å². The number of rotatable bonds is 6. The summed E-state index contributed by atoms with van der Waals surface area (Å²) in [6.07, 6.45) is 1.81. The molecule has 0 unspecified atom stereocenters. The minimum atomic E-state index is -0.614. The number of anilines is 1. The van der Waals surface area contributed by atoms with Crippen molar-refractivity contribution in [3.63, 3.8) is 0 Å². The Labute approximate surface area is 114 Å². The zero-order valence-corrected chi connectivity index (χ0v) is 11.8. The molecule has 0 aromatic heterocycles. The lowest BCUT2D eigenvalue weighted by Gasteiger charge is -2.26. The van der Waals surface area contributed by atoms with E-state index in [9.17, 15) is 9.59 Å². The molecular formula is C15H21NO3. The molecule has 1 aromatic carbocycles. The predicted octanol–water partition coefficient (Wildman–Crippen LogP) is 2.77. The summed E-state index contributed by atoms with van der Waals surface area (Å²) in [7, 11) is 0. The molecule has 4 nitrogen and oxygen atoms in total. The van der Waals surface area contributed by atoms with E-state index in [1.807, 2.05) is 25.1 Å². The SMILES string of the molecule is CCCCOC(=O)[C@H](C)N(C(C)=O)c1ccccc1. The highest BCUT2D eigenvalue weighted by molar-refractivity contribution is 5.97. The number of carbonyl (C=O) groups is 2. The monoisotopic (exact) mass is 263 g/mol. The van der Waals surface area contributed by atoms with E-state index >= 15 is 0 Å². The average molecular weight is 263 g/mol. The molecule has 1 rings (SSSR count). The normalized spacial score (nSPS) is 11.7. The van der Waals surface area contributed by atoms with Gasteiger partial charge in [-0.1, -0.05) is 31.5 Å². The highest BCUT2D eigenvalue weighted by Crippen LogP contribution is 2.17. The second-order valence-electron chi connectivity index (χ2n) is 4.42. The Morgan fingerprint density at radius 2 is 1.89 bits per heavy atom.